The third-order valence-corrected chi connectivity index (χ3v) is 8.56. The van der Waals surface area contributed by atoms with Crippen molar-refractivity contribution in [3.05, 3.63) is 79.6 Å². The van der Waals surface area contributed by atoms with E-state index in [1.807, 2.05) is 12.1 Å². The highest BCUT2D eigenvalue weighted by Gasteiger charge is 2.46. The van der Waals surface area contributed by atoms with Crippen molar-refractivity contribution in [2.45, 2.75) is 79.8 Å². The van der Waals surface area contributed by atoms with Gasteiger partial charge in [-0.2, -0.15) is 0 Å². The second kappa shape index (κ2) is 9.96. The molecule has 3 aliphatic rings. The van der Waals surface area contributed by atoms with E-state index in [9.17, 15) is 9.59 Å². The van der Waals surface area contributed by atoms with Crippen molar-refractivity contribution in [3.8, 4) is 11.5 Å². The maximum absolute atomic E-state index is 13.7. The molecule has 39 heavy (non-hydrogen) atoms. The Morgan fingerprint density at radius 2 is 1.38 bits per heavy atom. The monoisotopic (exact) mass is 591 g/mol. The Morgan fingerprint density at radius 1 is 0.846 bits per heavy atom. The summed E-state index contributed by atoms with van der Waals surface area (Å²) in [5, 5.41) is 3.58. The summed E-state index contributed by atoms with van der Waals surface area (Å²) in [5.74, 6) is 0.951. The number of hydrogen-bond acceptors (Lipinski definition) is 5. The summed E-state index contributed by atoms with van der Waals surface area (Å²) in [6.07, 6.45) is 2.46. The smallest absolute Gasteiger partial charge is 0.175 e. The molecule has 206 valence electrons. The molecule has 5 nitrogen and oxygen atoms in total. The molecule has 0 saturated heterocycles. The molecule has 0 amide bonds. The minimum Gasteiger partial charge on any atom is -0.493 e. The third-order valence-electron chi connectivity index (χ3n) is 7.97. The maximum atomic E-state index is 13.7. The van der Waals surface area contributed by atoms with E-state index in [1.165, 1.54) is 11.1 Å². The molecule has 0 spiro atoms. The molecule has 2 aliphatic carbocycles. The van der Waals surface area contributed by atoms with Crippen LogP contribution in [0, 0.1) is 24.7 Å². The molecule has 0 unspecified atom stereocenters. The first-order chi connectivity index (χ1) is 18.3. The zero-order chi connectivity index (χ0) is 28.3. The lowest BCUT2D eigenvalue weighted by Gasteiger charge is -2.44. The number of benzene rings is 2. The van der Waals surface area contributed by atoms with Crippen LogP contribution in [-0.4, -0.2) is 18.7 Å². The lowest BCUT2D eigenvalue weighted by Crippen LogP contribution is -2.42. The van der Waals surface area contributed by atoms with E-state index in [4.69, 9.17) is 9.47 Å². The predicted octanol–water partition coefficient (Wildman–Crippen LogP) is 7.63. The third kappa shape index (κ3) is 5.45. The van der Waals surface area contributed by atoms with E-state index in [2.05, 4.69) is 81.0 Å². The molecule has 2 aromatic carbocycles. The molecule has 6 heteroatoms. The van der Waals surface area contributed by atoms with Crippen molar-refractivity contribution in [1.82, 2.24) is 5.32 Å². The van der Waals surface area contributed by atoms with Crippen LogP contribution in [0.2, 0.25) is 0 Å². The van der Waals surface area contributed by atoms with Crippen molar-refractivity contribution < 1.29 is 19.1 Å². The number of hydrogen-bond donors (Lipinski definition) is 1. The Hall–Kier alpha value is -2.86. The molecule has 1 N–H and O–H groups in total. The van der Waals surface area contributed by atoms with Crippen LogP contribution in [0.5, 0.6) is 11.5 Å². The van der Waals surface area contributed by atoms with Crippen molar-refractivity contribution in [2.24, 2.45) is 10.8 Å². The average molecular weight is 593 g/mol. The Balaban J connectivity index is 1.59. The normalized spacial score (nSPS) is 20.4. The molecule has 1 aliphatic heterocycles. The van der Waals surface area contributed by atoms with E-state index < -0.39 is 5.92 Å². The molecule has 0 saturated carbocycles. The van der Waals surface area contributed by atoms with Crippen LogP contribution in [0.25, 0.3) is 0 Å². The summed E-state index contributed by atoms with van der Waals surface area (Å²) >= 11 is 3.73. The van der Waals surface area contributed by atoms with E-state index in [1.54, 1.807) is 7.11 Å². The fourth-order valence-corrected chi connectivity index (χ4v) is 7.15. The van der Waals surface area contributed by atoms with Crippen molar-refractivity contribution in [2.75, 3.05) is 7.11 Å². The van der Waals surface area contributed by atoms with Crippen LogP contribution < -0.4 is 14.8 Å². The Bertz CT molecular complexity index is 1370. The second-order valence-electron chi connectivity index (χ2n) is 13.0. The minimum atomic E-state index is -0.429. The van der Waals surface area contributed by atoms with Crippen LogP contribution in [0.3, 0.4) is 0 Å². The molecule has 2 aromatic rings. The van der Waals surface area contributed by atoms with Gasteiger partial charge in [0.2, 0.25) is 0 Å². The fourth-order valence-electron chi connectivity index (χ4n) is 6.58. The van der Waals surface area contributed by atoms with Gasteiger partial charge < -0.3 is 14.8 Å². The minimum absolute atomic E-state index is 0.105. The van der Waals surface area contributed by atoms with Gasteiger partial charge in [0.05, 0.1) is 11.6 Å². The first kappa shape index (κ1) is 27.7. The van der Waals surface area contributed by atoms with Gasteiger partial charge in [-0.15, -0.1) is 0 Å². The average Bonchev–Trinajstić information content (AvgIpc) is 2.79. The molecular formula is C33H38BrNO4. The second-order valence-corrected chi connectivity index (χ2v) is 13.9. The van der Waals surface area contributed by atoms with Crippen molar-refractivity contribution in [1.29, 1.82) is 0 Å². The number of ether oxygens (including phenoxy) is 2. The standard InChI is InChI=1S/C33H38BrNO4/c1-18-8-19(2)10-20(9-18)17-39-31-22(34)11-21(12-27(31)38-7)28-29-23(13-32(3,4)15-25(29)36)35-24-14-33(5,6)16-26(37)30(24)28/h8-12,28,35H,13-17H2,1-7H3. The molecule has 5 rings (SSSR count). The zero-order valence-electron chi connectivity index (χ0n) is 24.0. The van der Waals surface area contributed by atoms with E-state index in [0.717, 1.165) is 51.0 Å². The van der Waals surface area contributed by atoms with Crippen molar-refractivity contribution >= 4 is 27.5 Å². The molecule has 0 aromatic heterocycles. The van der Waals surface area contributed by atoms with Crippen LogP contribution in [0.4, 0.5) is 0 Å². The number of aryl methyl sites for hydroxylation is 2. The Kier molecular flexibility index (Phi) is 7.07. The summed E-state index contributed by atoms with van der Waals surface area (Å²) in [6, 6.07) is 10.3. The predicted molar refractivity (Wildman–Crippen MR) is 157 cm³/mol. The van der Waals surface area contributed by atoms with Crippen LogP contribution in [0.15, 0.2) is 57.3 Å². The number of allylic oxidation sites excluding steroid dienone is 4. The highest BCUT2D eigenvalue weighted by atomic mass is 79.9. The number of methoxy groups -OCH3 is 1. The number of carbonyl (C=O) groups is 2. The van der Waals surface area contributed by atoms with Gasteiger partial charge in [-0.3, -0.25) is 9.59 Å². The summed E-state index contributed by atoms with van der Waals surface area (Å²) < 4.78 is 12.8. The Labute approximate surface area is 240 Å². The van der Waals surface area contributed by atoms with Gasteiger partial charge in [-0.25, -0.2) is 0 Å². The SMILES string of the molecule is COc1cc(C2C3=C(CC(C)(C)CC3=O)NC3=C2C(=O)CC(C)(C)C3)cc(Br)c1OCc1cc(C)cc(C)c1. The largest absolute Gasteiger partial charge is 0.493 e. The lowest BCUT2D eigenvalue weighted by molar-refractivity contribution is -0.119. The van der Waals surface area contributed by atoms with Crippen LogP contribution >= 0.6 is 15.9 Å². The molecule has 0 atom stereocenters. The quantitative estimate of drug-likeness (QED) is 0.387. The van der Waals surface area contributed by atoms with E-state index >= 15 is 0 Å². The number of Topliss-reactive ketones (excluding diaryl/α,β-unsaturated/α-hetero) is 2. The number of nitrogens with one attached hydrogen (secondary N) is 1. The number of rotatable bonds is 5. The van der Waals surface area contributed by atoms with Crippen LogP contribution in [0.1, 0.15) is 81.5 Å². The van der Waals surface area contributed by atoms with Gasteiger partial charge in [-0.1, -0.05) is 57.0 Å². The molecule has 1 heterocycles. The van der Waals surface area contributed by atoms with Gasteiger partial charge in [0, 0.05) is 41.3 Å². The highest BCUT2D eigenvalue weighted by Crippen LogP contribution is 2.52. The Morgan fingerprint density at radius 3 is 1.90 bits per heavy atom. The first-order valence-electron chi connectivity index (χ1n) is 13.6. The highest BCUT2D eigenvalue weighted by molar-refractivity contribution is 9.10. The molecule has 0 fully saturated rings. The number of carbonyl (C=O) groups excluding carboxylic acids is 2. The fraction of sp³-hybridized carbons (Fsp3) is 0.455. The van der Waals surface area contributed by atoms with Gasteiger partial charge in [-0.05, 0) is 76.7 Å². The first-order valence-corrected chi connectivity index (χ1v) is 14.4. The zero-order valence-corrected chi connectivity index (χ0v) is 25.6. The maximum Gasteiger partial charge on any atom is 0.175 e. The topological polar surface area (TPSA) is 64.6 Å². The van der Waals surface area contributed by atoms with Gasteiger partial charge in [0.25, 0.3) is 0 Å². The molecule has 0 radical (unpaired) electrons. The number of dihydropyridines is 1. The van der Waals surface area contributed by atoms with Crippen LogP contribution in [-0.2, 0) is 16.2 Å². The molecular weight excluding hydrogens is 554 g/mol. The summed E-state index contributed by atoms with van der Waals surface area (Å²) in [4.78, 5) is 27.3. The summed E-state index contributed by atoms with van der Waals surface area (Å²) in [7, 11) is 1.62. The summed E-state index contributed by atoms with van der Waals surface area (Å²) in [5.41, 5.74) is 7.40. The van der Waals surface area contributed by atoms with E-state index in [0.29, 0.717) is 30.9 Å². The van der Waals surface area contributed by atoms with Crippen molar-refractivity contribution in [3.63, 3.8) is 0 Å². The van der Waals surface area contributed by atoms with E-state index in [-0.39, 0.29) is 22.4 Å². The molecule has 0 bridgehead atoms. The number of ketones is 2. The van der Waals surface area contributed by atoms with Gasteiger partial charge >= 0.3 is 0 Å². The summed E-state index contributed by atoms with van der Waals surface area (Å²) in [6.45, 7) is 13.1. The lowest BCUT2D eigenvalue weighted by atomic mass is 9.64. The number of halogens is 1. The van der Waals surface area contributed by atoms with Gasteiger partial charge in [0.15, 0.2) is 23.1 Å². The van der Waals surface area contributed by atoms with Gasteiger partial charge in [0.1, 0.15) is 6.61 Å².